The Balaban J connectivity index is 1.22. The minimum Gasteiger partial charge on any atom is -0.461 e. The smallest absolute Gasteiger partial charge is 0.234 e. The van der Waals surface area contributed by atoms with Gasteiger partial charge >= 0.3 is 0 Å². The number of rotatable bonds is 5. The summed E-state index contributed by atoms with van der Waals surface area (Å²) in [6.07, 6.45) is 7.30. The normalized spacial score (nSPS) is 18.9. The zero-order chi connectivity index (χ0) is 23.9. The largest absolute Gasteiger partial charge is 0.461 e. The van der Waals surface area contributed by atoms with Crippen molar-refractivity contribution < 1.29 is 23.1 Å². The topological polar surface area (TPSA) is 102 Å². The lowest BCUT2D eigenvalue weighted by molar-refractivity contribution is -0.134. The summed E-state index contributed by atoms with van der Waals surface area (Å²) in [4.78, 5) is 31.5. The van der Waals surface area contributed by atoms with Gasteiger partial charge in [-0.15, -0.1) is 0 Å². The summed E-state index contributed by atoms with van der Waals surface area (Å²) in [5.74, 6) is -1.72. The molecule has 2 saturated heterocycles. The fraction of sp³-hybridized carbons (Fsp3) is 0.333. The fourth-order valence-corrected chi connectivity index (χ4v) is 5.54. The number of nitrogens with zero attached hydrogens (tertiary/aromatic N) is 4. The number of hydrogen-bond acceptors (Lipinski definition) is 8. The van der Waals surface area contributed by atoms with Crippen molar-refractivity contribution in [2.45, 2.75) is 25.3 Å². The van der Waals surface area contributed by atoms with Crippen molar-refractivity contribution in [1.82, 2.24) is 20.1 Å². The maximum atomic E-state index is 15.4. The highest BCUT2D eigenvalue weighted by atomic mass is 32.1. The van der Waals surface area contributed by atoms with E-state index in [-0.39, 0.29) is 23.8 Å². The number of anilines is 1. The molecule has 0 bridgehead atoms. The Morgan fingerprint density at radius 3 is 2.89 bits per heavy atom. The van der Waals surface area contributed by atoms with Gasteiger partial charge in [0.25, 0.3) is 0 Å². The molecule has 1 atom stereocenters. The number of furan rings is 1. The van der Waals surface area contributed by atoms with E-state index in [1.54, 1.807) is 40.5 Å². The summed E-state index contributed by atoms with van der Waals surface area (Å²) in [5.41, 5.74) is 1.67. The van der Waals surface area contributed by atoms with E-state index in [0.29, 0.717) is 48.3 Å². The van der Waals surface area contributed by atoms with Crippen molar-refractivity contribution >= 4 is 39.3 Å². The number of piperidine rings is 1. The summed E-state index contributed by atoms with van der Waals surface area (Å²) in [7, 11) is 0. The number of nitrogens with one attached hydrogen (secondary N) is 1. The molecule has 0 radical (unpaired) electrons. The molecule has 3 aromatic heterocycles. The summed E-state index contributed by atoms with van der Waals surface area (Å²) in [5, 5.41) is 8.25. The van der Waals surface area contributed by atoms with Gasteiger partial charge in [0.2, 0.25) is 11.8 Å². The van der Waals surface area contributed by atoms with Crippen LogP contribution >= 0.6 is 11.3 Å². The molecule has 35 heavy (non-hydrogen) atoms. The molecule has 5 heterocycles. The highest BCUT2D eigenvalue weighted by Gasteiger charge is 2.31. The maximum absolute atomic E-state index is 15.4. The summed E-state index contributed by atoms with van der Waals surface area (Å²) >= 11 is 1.62. The van der Waals surface area contributed by atoms with Crippen LogP contribution in [0.4, 0.5) is 9.52 Å². The van der Waals surface area contributed by atoms with Crippen LogP contribution in [0.5, 0.6) is 0 Å². The third kappa shape index (κ3) is 4.10. The predicted molar refractivity (Wildman–Crippen MR) is 127 cm³/mol. The molecule has 2 amide bonds. The number of carbonyl (C=O) groups is 2. The van der Waals surface area contributed by atoms with Crippen molar-refractivity contribution in [3.05, 3.63) is 53.2 Å². The summed E-state index contributed by atoms with van der Waals surface area (Å²) in [6.45, 7) is 3.61. The van der Waals surface area contributed by atoms with Gasteiger partial charge < -0.3 is 14.1 Å². The van der Waals surface area contributed by atoms with Crippen LogP contribution in [0.3, 0.4) is 0 Å². The van der Waals surface area contributed by atoms with Crippen molar-refractivity contribution in [3.63, 3.8) is 0 Å². The van der Waals surface area contributed by atoms with E-state index in [4.69, 9.17) is 9.15 Å². The van der Waals surface area contributed by atoms with Crippen LogP contribution in [0.15, 0.2) is 41.4 Å². The second-order valence-electron chi connectivity index (χ2n) is 8.63. The standard InChI is InChI=1S/C24H22FN5O4S/c25-21-16(1-2-17-19(13-34-22(17)21)18-3-4-20(31)28-23(18)32)14-9-27-30(11-14)12-15-10-26-24(35-15)29-5-7-33-8-6-29/h1-2,9-11,13,18H,3-8,12H2,(H,28,31,32). The molecule has 11 heteroatoms. The fourth-order valence-electron chi connectivity index (χ4n) is 4.59. The van der Waals surface area contributed by atoms with Crippen molar-refractivity contribution in [3.8, 4) is 11.1 Å². The number of amides is 2. The van der Waals surface area contributed by atoms with Gasteiger partial charge in [-0.1, -0.05) is 17.4 Å². The second-order valence-corrected chi connectivity index (χ2v) is 9.73. The Kier molecular flexibility index (Phi) is 5.57. The summed E-state index contributed by atoms with van der Waals surface area (Å²) < 4.78 is 28.1. The van der Waals surface area contributed by atoms with Gasteiger partial charge in [-0.2, -0.15) is 5.10 Å². The zero-order valence-corrected chi connectivity index (χ0v) is 19.5. The number of hydrogen-bond donors (Lipinski definition) is 1. The zero-order valence-electron chi connectivity index (χ0n) is 18.7. The molecule has 1 aromatic carbocycles. The van der Waals surface area contributed by atoms with Gasteiger partial charge in [-0.3, -0.25) is 19.6 Å². The van der Waals surface area contributed by atoms with Gasteiger partial charge in [0.1, 0.15) is 0 Å². The number of imide groups is 1. The second kappa shape index (κ2) is 8.90. The Morgan fingerprint density at radius 1 is 1.20 bits per heavy atom. The first-order valence-electron chi connectivity index (χ1n) is 11.4. The number of fused-ring (bicyclic) bond motifs is 1. The number of ether oxygens (including phenoxy) is 1. The molecule has 1 unspecified atom stereocenters. The van der Waals surface area contributed by atoms with Crippen LogP contribution in [0.1, 0.15) is 29.2 Å². The molecular weight excluding hydrogens is 473 g/mol. The molecule has 2 fully saturated rings. The van der Waals surface area contributed by atoms with Crippen LogP contribution in [0, 0.1) is 5.82 Å². The Morgan fingerprint density at radius 2 is 2.06 bits per heavy atom. The third-order valence-corrected chi connectivity index (χ3v) is 7.45. The minimum absolute atomic E-state index is 0.0903. The molecule has 0 aliphatic carbocycles. The third-order valence-electron chi connectivity index (χ3n) is 6.41. The SMILES string of the molecule is O=C1CCC(c2coc3c(F)c(-c4cnn(Cc5cnc(N6CCOCC6)s5)c4)ccc23)C(=O)N1. The molecule has 180 valence electrons. The molecule has 2 aliphatic rings. The molecule has 2 aliphatic heterocycles. The Hall–Kier alpha value is -3.57. The molecular formula is C24H22FN5O4S. The number of aromatic nitrogens is 3. The van der Waals surface area contributed by atoms with Gasteiger partial charge in [-0.05, 0) is 12.5 Å². The van der Waals surface area contributed by atoms with Crippen LogP contribution in [-0.4, -0.2) is 52.9 Å². The quantitative estimate of drug-likeness (QED) is 0.424. The lowest BCUT2D eigenvalue weighted by Gasteiger charge is -2.25. The van der Waals surface area contributed by atoms with E-state index >= 15 is 4.39 Å². The van der Waals surface area contributed by atoms with E-state index in [2.05, 4.69) is 20.3 Å². The molecule has 9 nitrogen and oxygen atoms in total. The van der Waals surface area contributed by atoms with Crippen molar-refractivity contribution in [2.75, 3.05) is 31.2 Å². The first kappa shape index (κ1) is 21.9. The molecule has 4 aromatic rings. The highest BCUT2D eigenvalue weighted by molar-refractivity contribution is 7.15. The number of thiazole rings is 1. The number of carbonyl (C=O) groups excluding carboxylic acids is 2. The number of morpholine rings is 1. The lowest BCUT2D eigenvalue weighted by atomic mass is 9.90. The first-order valence-corrected chi connectivity index (χ1v) is 12.2. The molecule has 6 rings (SSSR count). The first-order chi connectivity index (χ1) is 17.1. The van der Waals surface area contributed by atoms with Gasteiger partial charge in [0.15, 0.2) is 16.5 Å². The van der Waals surface area contributed by atoms with Crippen LogP contribution < -0.4 is 10.2 Å². The van der Waals surface area contributed by atoms with E-state index in [1.165, 1.54) is 6.26 Å². The number of halogens is 1. The van der Waals surface area contributed by atoms with E-state index in [1.807, 2.05) is 6.20 Å². The average molecular weight is 496 g/mol. The number of benzene rings is 1. The minimum atomic E-state index is -0.538. The van der Waals surface area contributed by atoms with Crippen LogP contribution in [0.2, 0.25) is 0 Å². The van der Waals surface area contributed by atoms with Crippen LogP contribution in [0.25, 0.3) is 22.1 Å². The van der Waals surface area contributed by atoms with Crippen molar-refractivity contribution in [2.24, 2.45) is 0 Å². The monoisotopic (exact) mass is 495 g/mol. The molecule has 0 spiro atoms. The van der Waals surface area contributed by atoms with Gasteiger partial charge in [0, 0.05) is 58.9 Å². The lowest BCUT2D eigenvalue weighted by Crippen LogP contribution is -2.39. The van der Waals surface area contributed by atoms with Crippen molar-refractivity contribution in [1.29, 1.82) is 0 Å². The summed E-state index contributed by atoms with van der Waals surface area (Å²) in [6, 6.07) is 3.43. The van der Waals surface area contributed by atoms with Crippen LogP contribution in [-0.2, 0) is 20.9 Å². The predicted octanol–water partition coefficient (Wildman–Crippen LogP) is 3.30. The maximum Gasteiger partial charge on any atom is 0.234 e. The Labute approximate surface area is 203 Å². The van der Waals surface area contributed by atoms with Gasteiger partial charge in [0.05, 0.1) is 38.1 Å². The molecule has 0 saturated carbocycles. The highest BCUT2D eigenvalue weighted by Crippen LogP contribution is 2.36. The van der Waals surface area contributed by atoms with E-state index in [0.717, 1.165) is 23.1 Å². The Bertz CT molecular complexity index is 1420. The van der Waals surface area contributed by atoms with Gasteiger partial charge in [-0.25, -0.2) is 9.37 Å². The van der Waals surface area contributed by atoms with E-state index in [9.17, 15) is 9.59 Å². The molecule has 1 N–H and O–H groups in total. The van der Waals surface area contributed by atoms with E-state index < -0.39 is 11.7 Å². The average Bonchev–Trinajstić information content (AvgIpc) is 3.61.